The van der Waals surface area contributed by atoms with E-state index < -0.39 is 5.97 Å². The first-order valence-electron chi connectivity index (χ1n) is 6.38. The van der Waals surface area contributed by atoms with Gasteiger partial charge in [-0.2, -0.15) is 0 Å². The third-order valence-corrected chi connectivity index (χ3v) is 2.65. The number of aliphatic carboxylic acids is 1. The van der Waals surface area contributed by atoms with Crippen LogP contribution in [0.25, 0.3) is 6.08 Å². The predicted octanol–water partition coefficient (Wildman–Crippen LogP) is 2.59. The van der Waals surface area contributed by atoms with Crippen LogP contribution >= 0.6 is 0 Å². The molecule has 1 aromatic carbocycles. The molecule has 4 nitrogen and oxygen atoms in total. The Kier molecular flexibility index (Phi) is 6.36. The van der Waals surface area contributed by atoms with Gasteiger partial charge in [-0.1, -0.05) is 37.6 Å². The lowest BCUT2D eigenvalue weighted by molar-refractivity contribution is -0.131. The summed E-state index contributed by atoms with van der Waals surface area (Å²) >= 11 is 0. The van der Waals surface area contributed by atoms with Gasteiger partial charge in [0.15, 0.2) is 0 Å². The SMILES string of the molecule is CCCCC(=O)NCc1ccc(C=CC(=O)O)cc1. The second-order valence-corrected chi connectivity index (χ2v) is 4.29. The summed E-state index contributed by atoms with van der Waals surface area (Å²) < 4.78 is 0. The van der Waals surface area contributed by atoms with Crippen molar-refractivity contribution in [2.45, 2.75) is 32.7 Å². The van der Waals surface area contributed by atoms with E-state index in [-0.39, 0.29) is 5.91 Å². The molecule has 102 valence electrons. The van der Waals surface area contributed by atoms with Gasteiger partial charge in [-0.15, -0.1) is 0 Å². The number of carbonyl (C=O) groups is 2. The van der Waals surface area contributed by atoms with Gasteiger partial charge in [0.1, 0.15) is 0 Å². The van der Waals surface area contributed by atoms with E-state index in [0.717, 1.165) is 30.0 Å². The molecule has 0 unspecified atom stereocenters. The molecule has 0 fully saturated rings. The highest BCUT2D eigenvalue weighted by atomic mass is 16.4. The van der Waals surface area contributed by atoms with Crippen molar-refractivity contribution >= 4 is 18.0 Å². The highest BCUT2D eigenvalue weighted by Gasteiger charge is 2.00. The van der Waals surface area contributed by atoms with E-state index in [2.05, 4.69) is 12.2 Å². The lowest BCUT2D eigenvalue weighted by Crippen LogP contribution is -2.22. The number of hydrogen-bond acceptors (Lipinski definition) is 2. The van der Waals surface area contributed by atoms with Crippen LogP contribution in [0.1, 0.15) is 37.3 Å². The Bertz CT molecular complexity index is 449. The van der Waals surface area contributed by atoms with Crippen LogP contribution in [0.4, 0.5) is 0 Å². The standard InChI is InChI=1S/C15H19NO3/c1-2-3-4-14(17)16-11-13-7-5-12(6-8-13)9-10-15(18)19/h5-10H,2-4,11H2,1H3,(H,16,17)(H,18,19). The fourth-order valence-corrected chi connectivity index (χ4v) is 1.54. The largest absolute Gasteiger partial charge is 0.478 e. The first-order valence-corrected chi connectivity index (χ1v) is 6.38. The van der Waals surface area contributed by atoms with Crippen LogP contribution in [-0.2, 0) is 16.1 Å². The van der Waals surface area contributed by atoms with Gasteiger partial charge in [-0.25, -0.2) is 4.79 Å². The first kappa shape index (κ1) is 15.0. The second kappa shape index (κ2) is 8.08. The Morgan fingerprint density at radius 1 is 1.26 bits per heavy atom. The fraction of sp³-hybridized carbons (Fsp3) is 0.333. The lowest BCUT2D eigenvalue weighted by atomic mass is 10.1. The van der Waals surface area contributed by atoms with Crippen molar-refractivity contribution in [3.8, 4) is 0 Å². The highest BCUT2D eigenvalue weighted by Crippen LogP contribution is 2.06. The Morgan fingerprint density at radius 3 is 2.53 bits per heavy atom. The normalized spacial score (nSPS) is 10.6. The van der Waals surface area contributed by atoms with Gasteiger partial charge in [-0.3, -0.25) is 4.79 Å². The Balaban J connectivity index is 2.44. The molecule has 1 rings (SSSR count). The van der Waals surface area contributed by atoms with Crippen molar-refractivity contribution in [2.75, 3.05) is 0 Å². The number of rotatable bonds is 7. The molecule has 19 heavy (non-hydrogen) atoms. The van der Waals surface area contributed by atoms with Crippen molar-refractivity contribution in [1.29, 1.82) is 0 Å². The number of hydrogen-bond donors (Lipinski definition) is 2. The molecule has 1 aromatic rings. The molecular formula is C15H19NO3. The van der Waals surface area contributed by atoms with Gasteiger partial charge < -0.3 is 10.4 Å². The molecule has 0 bridgehead atoms. The third-order valence-electron chi connectivity index (χ3n) is 2.65. The third kappa shape index (κ3) is 6.41. The van der Waals surface area contributed by atoms with E-state index >= 15 is 0 Å². The molecule has 0 aliphatic carbocycles. The first-order chi connectivity index (χ1) is 9.11. The molecule has 0 aliphatic heterocycles. The summed E-state index contributed by atoms with van der Waals surface area (Å²) in [4.78, 5) is 21.8. The Morgan fingerprint density at radius 2 is 1.95 bits per heavy atom. The lowest BCUT2D eigenvalue weighted by Gasteiger charge is -2.05. The minimum absolute atomic E-state index is 0.0664. The molecule has 0 spiro atoms. The van der Waals surface area contributed by atoms with Crippen LogP contribution < -0.4 is 5.32 Å². The number of carbonyl (C=O) groups excluding carboxylic acids is 1. The van der Waals surface area contributed by atoms with Gasteiger partial charge in [-0.05, 0) is 23.6 Å². The monoisotopic (exact) mass is 261 g/mol. The summed E-state index contributed by atoms with van der Waals surface area (Å²) in [6.45, 7) is 2.56. The average Bonchev–Trinajstić information content (AvgIpc) is 2.41. The van der Waals surface area contributed by atoms with Crippen LogP contribution in [0.5, 0.6) is 0 Å². The molecule has 4 heteroatoms. The molecule has 0 atom stereocenters. The molecule has 0 aromatic heterocycles. The topological polar surface area (TPSA) is 66.4 Å². The summed E-state index contributed by atoms with van der Waals surface area (Å²) in [5, 5.41) is 11.4. The van der Waals surface area contributed by atoms with Gasteiger partial charge >= 0.3 is 5.97 Å². The van der Waals surface area contributed by atoms with Crippen molar-refractivity contribution < 1.29 is 14.7 Å². The number of unbranched alkanes of at least 4 members (excludes halogenated alkanes) is 1. The second-order valence-electron chi connectivity index (χ2n) is 4.29. The molecule has 1 amide bonds. The molecule has 0 radical (unpaired) electrons. The van der Waals surface area contributed by atoms with E-state index in [1.54, 1.807) is 0 Å². The summed E-state index contributed by atoms with van der Waals surface area (Å²) in [5.41, 5.74) is 1.82. The summed E-state index contributed by atoms with van der Waals surface area (Å²) in [6.07, 6.45) is 5.12. The average molecular weight is 261 g/mol. The minimum Gasteiger partial charge on any atom is -0.478 e. The zero-order chi connectivity index (χ0) is 14.1. The van der Waals surface area contributed by atoms with E-state index in [1.807, 2.05) is 24.3 Å². The summed E-state index contributed by atoms with van der Waals surface area (Å²) in [6, 6.07) is 7.41. The number of amides is 1. The molecule has 0 saturated heterocycles. The minimum atomic E-state index is -0.965. The predicted molar refractivity (Wildman–Crippen MR) is 74.5 cm³/mol. The van der Waals surface area contributed by atoms with E-state index in [9.17, 15) is 9.59 Å². The van der Waals surface area contributed by atoms with Crippen LogP contribution in [-0.4, -0.2) is 17.0 Å². The van der Waals surface area contributed by atoms with Crippen molar-refractivity contribution in [3.05, 3.63) is 41.5 Å². The zero-order valence-electron chi connectivity index (χ0n) is 11.1. The van der Waals surface area contributed by atoms with Crippen LogP contribution in [0.2, 0.25) is 0 Å². The Hall–Kier alpha value is -2.10. The smallest absolute Gasteiger partial charge is 0.328 e. The maximum Gasteiger partial charge on any atom is 0.328 e. The van der Waals surface area contributed by atoms with Crippen molar-refractivity contribution in [3.63, 3.8) is 0 Å². The molecule has 0 saturated carbocycles. The highest BCUT2D eigenvalue weighted by molar-refractivity contribution is 5.85. The van der Waals surface area contributed by atoms with E-state index in [4.69, 9.17) is 5.11 Å². The van der Waals surface area contributed by atoms with Gasteiger partial charge in [0.2, 0.25) is 5.91 Å². The maximum atomic E-state index is 11.4. The van der Waals surface area contributed by atoms with Crippen LogP contribution in [0, 0.1) is 0 Å². The molecule has 2 N–H and O–H groups in total. The van der Waals surface area contributed by atoms with Crippen molar-refractivity contribution in [1.82, 2.24) is 5.32 Å². The molecular weight excluding hydrogens is 242 g/mol. The number of carboxylic acid groups (broad SMARTS) is 1. The fourth-order valence-electron chi connectivity index (χ4n) is 1.54. The zero-order valence-corrected chi connectivity index (χ0v) is 11.1. The van der Waals surface area contributed by atoms with E-state index in [1.165, 1.54) is 6.08 Å². The van der Waals surface area contributed by atoms with Crippen LogP contribution in [0.3, 0.4) is 0 Å². The molecule has 0 aliphatic rings. The summed E-state index contributed by atoms with van der Waals surface area (Å²) in [7, 11) is 0. The molecule has 0 heterocycles. The van der Waals surface area contributed by atoms with Crippen LogP contribution in [0.15, 0.2) is 30.3 Å². The quantitative estimate of drug-likeness (QED) is 0.741. The van der Waals surface area contributed by atoms with E-state index in [0.29, 0.717) is 13.0 Å². The maximum absolute atomic E-state index is 11.4. The number of benzene rings is 1. The van der Waals surface area contributed by atoms with Gasteiger partial charge in [0, 0.05) is 19.0 Å². The van der Waals surface area contributed by atoms with Crippen molar-refractivity contribution in [2.24, 2.45) is 0 Å². The number of nitrogens with one attached hydrogen (secondary N) is 1. The number of carboxylic acids is 1. The van der Waals surface area contributed by atoms with Gasteiger partial charge in [0.05, 0.1) is 0 Å². The Labute approximate surface area is 113 Å². The summed E-state index contributed by atoms with van der Waals surface area (Å²) in [5.74, 6) is -0.899. The van der Waals surface area contributed by atoms with Gasteiger partial charge in [0.25, 0.3) is 0 Å².